The van der Waals surface area contributed by atoms with Crippen molar-refractivity contribution >= 4 is 5.91 Å². The van der Waals surface area contributed by atoms with Crippen LogP contribution in [0.5, 0.6) is 0 Å². The molecule has 0 radical (unpaired) electrons. The summed E-state index contributed by atoms with van der Waals surface area (Å²) in [4.78, 5) is 23.7. The molecular formula is C25H25N5O2. The zero-order valence-corrected chi connectivity index (χ0v) is 18.0. The Labute approximate surface area is 186 Å². The van der Waals surface area contributed by atoms with Crippen LogP contribution in [0.1, 0.15) is 29.1 Å². The largest absolute Gasteiger partial charge is 0.339 e. The summed E-state index contributed by atoms with van der Waals surface area (Å²) < 4.78 is 7.26. The second kappa shape index (κ2) is 8.78. The van der Waals surface area contributed by atoms with E-state index >= 15 is 0 Å². The van der Waals surface area contributed by atoms with Crippen LogP contribution in [0, 0.1) is 12.8 Å². The van der Waals surface area contributed by atoms with Crippen molar-refractivity contribution in [1.29, 1.82) is 0 Å². The Morgan fingerprint density at radius 3 is 2.47 bits per heavy atom. The fraction of sp³-hybridized carbons (Fsp3) is 0.280. The average Bonchev–Trinajstić information content (AvgIpc) is 3.49. The predicted octanol–water partition coefficient (Wildman–Crippen LogP) is 4.46. The summed E-state index contributed by atoms with van der Waals surface area (Å²) in [6, 6.07) is 17.7. The molecule has 0 spiro atoms. The maximum Gasteiger partial charge on any atom is 0.253 e. The Bertz CT molecular complexity index is 1190. The first-order valence-corrected chi connectivity index (χ1v) is 10.9. The summed E-state index contributed by atoms with van der Waals surface area (Å²) in [5.74, 6) is 2.67. The molecule has 2 aromatic carbocycles. The maximum absolute atomic E-state index is 13.0. The highest BCUT2D eigenvalue weighted by atomic mass is 16.5. The SMILES string of the molecule is Cc1nc(-c2ccc(C(=O)N3CCC(Cn4ccnc4-c4ccccc4)CC3)cc2)no1. The van der Waals surface area contributed by atoms with Crippen LogP contribution in [0.2, 0.25) is 0 Å². The molecule has 32 heavy (non-hydrogen) atoms. The molecule has 0 unspecified atom stereocenters. The first kappa shape index (κ1) is 20.2. The Kier molecular flexibility index (Phi) is 5.54. The van der Waals surface area contributed by atoms with Crippen molar-refractivity contribution in [2.45, 2.75) is 26.3 Å². The van der Waals surface area contributed by atoms with Gasteiger partial charge in [-0.25, -0.2) is 4.98 Å². The van der Waals surface area contributed by atoms with Gasteiger partial charge >= 0.3 is 0 Å². The van der Waals surface area contributed by atoms with Crippen LogP contribution in [-0.4, -0.2) is 43.6 Å². The smallest absolute Gasteiger partial charge is 0.253 e. The number of nitrogens with zero attached hydrogens (tertiary/aromatic N) is 5. The lowest BCUT2D eigenvalue weighted by Gasteiger charge is -2.32. The van der Waals surface area contributed by atoms with Gasteiger partial charge in [0, 0.05) is 55.6 Å². The Hall–Kier alpha value is -3.74. The van der Waals surface area contributed by atoms with Crippen molar-refractivity contribution < 1.29 is 9.32 Å². The number of benzene rings is 2. The van der Waals surface area contributed by atoms with Crippen molar-refractivity contribution in [2.75, 3.05) is 13.1 Å². The van der Waals surface area contributed by atoms with E-state index in [-0.39, 0.29) is 5.91 Å². The van der Waals surface area contributed by atoms with Crippen LogP contribution in [-0.2, 0) is 6.54 Å². The number of hydrogen-bond acceptors (Lipinski definition) is 5. The highest BCUT2D eigenvalue weighted by Crippen LogP contribution is 2.25. The van der Waals surface area contributed by atoms with Gasteiger partial charge in [0.15, 0.2) is 0 Å². The lowest BCUT2D eigenvalue weighted by atomic mass is 9.96. The molecule has 3 heterocycles. The van der Waals surface area contributed by atoms with E-state index in [0.717, 1.165) is 49.4 Å². The number of rotatable bonds is 5. The molecule has 1 aliphatic heterocycles. The maximum atomic E-state index is 13.0. The van der Waals surface area contributed by atoms with Crippen LogP contribution in [0.4, 0.5) is 0 Å². The minimum atomic E-state index is 0.0758. The number of aryl methyl sites for hydroxylation is 1. The number of aromatic nitrogens is 4. The quantitative estimate of drug-likeness (QED) is 0.470. The van der Waals surface area contributed by atoms with Gasteiger partial charge < -0.3 is 14.0 Å². The first-order valence-electron chi connectivity index (χ1n) is 10.9. The summed E-state index contributed by atoms with van der Waals surface area (Å²) in [5.41, 5.74) is 2.66. The Morgan fingerprint density at radius 1 is 1.03 bits per heavy atom. The van der Waals surface area contributed by atoms with Gasteiger partial charge in [-0.3, -0.25) is 4.79 Å². The van der Waals surface area contributed by atoms with Gasteiger partial charge in [0.1, 0.15) is 5.82 Å². The molecule has 0 bridgehead atoms. The summed E-state index contributed by atoms with van der Waals surface area (Å²) in [5, 5.41) is 3.93. The number of carbonyl (C=O) groups excluding carboxylic acids is 1. The fourth-order valence-electron chi connectivity index (χ4n) is 4.26. The van der Waals surface area contributed by atoms with E-state index in [0.29, 0.717) is 23.2 Å². The van der Waals surface area contributed by atoms with Gasteiger partial charge in [0.05, 0.1) is 0 Å². The standard InChI is InChI=1S/C25H25N5O2/c1-18-27-23(28-32-18)20-7-9-22(10-8-20)25(31)29-14-11-19(12-15-29)17-30-16-13-26-24(30)21-5-3-2-4-6-21/h2-10,13,16,19H,11-12,14-15,17H2,1H3. The Balaban J connectivity index is 1.19. The minimum Gasteiger partial charge on any atom is -0.339 e. The van der Waals surface area contributed by atoms with Crippen LogP contribution >= 0.6 is 0 Å². The number of likely N-dealkylation sites (tertiary alicyclic amines) is 1. The average molecular weight is 428 g/mol. The number of piperidine rings is 1. The van der Waals surface area contributed by atoms with E-state index in [1.54, 1.807) is 6.92 Å². The second-order valence-electron chi connectivity index (χ2n) is 8.22. The zero-order chi connectivity index (χ0) is 21.9. The van der Waals surface area contributed by atoms with E-state index < -0.39 is 0 Å². The first-order chi connectivity index (χ1) is 15.7. The van der Waals surface area contributed by atoms with Crippen molar-refractivity contribution in [3.8, 4) is 22.8 Å². The van der Waals surface area contributed by atoms with Gasteiger partial charge in [-0.05, 0) is 30.9 Å². The van der Waals surface area contributed by atoms with Gasteiger partial charge in [0.2, 0.25) is 11.7 Å². The van der Waals surface area contributed by atoms with E-state index in [1.165, 1.54) is 0 Å². The molecule has 1 aliphatic rings. The molecule has 1 saturated heterocycles. The van der Waals surface area contributed by atoms with Crippen molar-refractivity contribution in [3.63, 3.8) is 0 Å². The normalized spacial score (nSPS) is 14.6. The van der Waals surface area contributed by atoms with Gasteiger partial charge in [-0.1, -0.05) is 47.6 Å². The van der Waals surface area contributed by atoms with Crippen molar-refractivity contribution in [2.24, 2.45) is 5.92 Å². The third kappa shape index (κ3) is 4.19. The van der Waals surface area contributed by atoms with Crippen LogP contribution in [0.15, 0.2) is 71.5 Å². The van der Waals surface area contributed by atoms with Gasteiger partial charge in [-0.15, -0.1) is 0 Å². The zero-order valence-electron chi connectivity index (χ0n) is 18.0. The van der Waals surface area contributed by atoms with E-state index in [4.69, 9.17) is 4.52 Å². The lowest BCUT2D eigenvalue weighted by Crippen LogP contribution is -2.39. The topological polar surface area (TPSA) is 77.1 Å². The second-order valence-corrected chi connectivity index (χ2v) is 8.22. The van der Waals surface area contributed by atoms with Crippen LogP contribution in [0.25, 0.3) is 22.8 Å². The summed E-state index contributed by atoms with van der Waals surface area (Å²) in [6.07, 6.45) is 5.88. The van der Waals surface area contributed by atoms with E-state index in [2.05, 4.69) is 31.8 Å². The molecule has 7 nitrogen and oxygen atoms in total. The molecule has 1 amide bonds. The molecule has 1 fully saturated rings. The minimum absolute atomic E-state index is 0.0758. The van der Waals surface area contributed by atoms with Crippen LogP contribution in [0.3, 0.4) is 0 Å². The number of carbonyl (C=O) groups is 1. The summed E-state index contributed by atoms with van der Waals surface area (Å²) in [7, 11) is 0. The fourth-order valence-corrected chi connectivity index (χ4v) is 4.26. The third-order valence-corrected chi connectivity index (χ3v) is 6.02. The molecule has 7 heteroatoms. The van der Waals surface area contributed by atoms with Crippen molar-refractivity contribution in [3.05, 3.63) is 78.4 Å². The van der Waals surface area contributed by atoms with Crippen molar-refractivity contribution in [1.82, 2.24) is 24.6 Å². The number of hydrogen-bond donors (Lipinski definition) is 0. The summed E-state index contributed by atoms with van der Waals surface area (Å²) >= 11 is 0. The third-order valence-electron chi connectivity index (χ3n) is 6.02. The number of imidazole rings is 1. The molecular weight excluding hydrogens is 402 g/mol. The van der Waals surface area contributed by atoms with Gasteiger partial charge in [0.25, 0.3) is 5.91 Å². The molecule has 4 aromatic rings. The molecule has 0 aliphatic carbocycles. The van der Waals surface area contributed by atoms with E-state index in [1.807, 2.05) is 59.8 Å². The van der Waals surface area contributed by atoms with Gasteiger partial charge in [-0.2, -0.15) is 4.98 Å². The monoisotopic (exact) mass is 427 g/mol. The molecule has 0 atom stereocenters. The molecule has 162 valence electrons. The van der Waals surface area contributed by atoms with Crippen LogP contribution < -0.4 is 0 Å². The molecule has 5 rings (SSSR count). The molecule has 0 N–H and O–H groups in total. The highest BCUT2D eigenvalue weighted by Gasteiger charge is 2.24. The lowest BCUT2D eigenvalue weighted by molar-refractivity contribution is 0.0683. The highest BCUT2D eigenvalue weighted by molar-refractivity contribution is 5.94. The predicted molar refractivity (Wildman–Crippen MR) is 121 cm³/mol. The molecule has 2 aromatic heterocycles. The number of amides is 1. The molecule has 0 saturated carbocycles. The summed E-state index contributed by atoms with van der Waals surface area (Å²) in [6.45, 7) is 4.22. The Morgan fingerprint density at radius 2 is 1.78 bits per heavy atom. The van der Waals surface area contributed by atoms with E-state index in [9.17, 15) is 4.79 Å².